The van der Waals surface area contributed by atoms with Gasteiger partial charge < -0.3 is 15.0 Å². The minimum Gasteiger partial charge on any atom is -0.383 e. The van der Waals surface area contributed by atoms with E-state index in [2.05, 4.69) is 10.2 Å². The number of hydrogen-bond donors (Lipinski definition) is 1. The summed E-state index contributed by atoms with van der Waals surface area (Å²) in [5.74, 6) is -0.300. The van der Waals surface area contributed by atoms with Crippen molar-refractivity contribution in [1.29, 1.82) is 0 Å². The van der Waals surface area contributed by atoms with E-state index >= 15 is 0 Å². The lowest BCUT2D eigenvalue weighted by Crippen LogP contribution is -2.33. The SMILES string of the molecule is CCN(CC)S(=O)(=O)c1cc(C(=O)NCCOC)ccc1N1CCCC1. The summed E-state index contributed by atoms with van der Waals surface area (Å²) in [7, 11) is -2.10. The maximum Gasteiger partial charge on any atom is 0.251 e. The number of ether oxygens (including phenoxy) is 1. The molecule has 26 heavy (non-hydrogen) atoms. The molecular formula is C18H29N3O4S. The molecule has 0 radical (unpaired) electrons. The average Bonchev–Trinajstić information content (AvgIpc) is 3.16. The van der Waals surface area contributed by atoms with Gasteiger partial charge >= 0.3 is 0 Å². The van der Waals surface area contributed by atoms with E-state index in [1.807, 2.05) is 13.8 Å². The Morgan fingerprint density at radius 2 is 1.88 bits per heavy atom. The fourth-order valence-electron chi connectivity index (χ4n) is 3.15. The van der Waals surface area contributed by atoms with Gasteiger partial charge in [0.25, 0.3) is 5.91 Å². The third kappa shape index (κ3) is 4.55. The summed E-state index contributed by atoms with van der Waals surface area (Å²) >= 11 is 0. The Labute approximate surface area is 156 Å². The van der Waals surface area contributed by atoms with Gasteiger partial charge in [0.05, 0.1) is 12.3 Å². The number of nitrogens with one attached hydrogen (secondary N) is 1. The lowest BCUT2D eigenvalue weighted by atomic mass is 10.2. The molecule has 0 unspecified atom stereocenters. The highest BCUT2D eigenvalue weighted by molar-refractivity contribution is 7.89. The predicted octanol–water partition coefficient (Wildman–Crippen LogP) is 1.69. The van der Waals surface area contributed by atoms with Crippen LogP contribution in [0.2, 0.25) is 0 Å². The van der Waals surface area contributed by atoms with E-state index in [-0.39, 0.29) is 10.8 Å². The summed E-state index contributed by atoms with van der Waals surface area (Å²) in [5, 5.41) is 2.74. The second-order valence-electron chi connectivity index (χ2n) is 6.21. The lowest BCUT2D eigenvalue weighted by molar-refractivity contribution is 0.0937. The van der Waals surface area contributed by atoms with Crippen LogP contribution in [0.1, 0.15) is 37.0 Å². The van der Waals surface area contributed by atoms with Crippen molar-refractivity contribution < 1.29 is 17.9 Å². The molecule has 0 bridgehead atoms. The summed E-state index contributed by atoms with van der Waals surface area (Å²) in [5.41, 5.74) is 1.03. The maximum absolute atomic E-state index is 13.2. The molecule has 1 aliphatic heterocycles. The van der Waals surface area contributed by atoms with Crippen LogP contribution in [0.5, 0.6) is 0 Å². The van der Waals surface area contributed by atoms with E-state index in [0.717, 1.165) is 25.9 Å². The zero-order chi connectivity index (χ0) is 19.2. The molecule has 1 heterocycles. The number of carbonyl (C=O) groups excluding carboxylic acids is 1. The predicted molar refractivity (Wildman–Crippen MR) is 102 cm³/mol. The van der Waals surface area contributed by atoms with Crippen LogP contribution < -0.4 is 10.2 Å². The van der Waals surface area contributed by atoms with Crippen molar-refractivity contribution >= 4 is 21.6 Å². The molecule has 0 atom stereocenters. The first-order chi connectivity index (χ1) is 12.5. The number of hydrogen-bond acceptors (Lipinski definition) is 5. The number of methoxy groups -OCH3 is 1. The van der Waals surface area contributed by atoms with Gasteiger partial charge in [-0.1, -0.05) is 13.8 Å². The Morgan fingerprint density at radius 1 is 1.23 bits per heavy atom. The van der Waals surface area contributed by atoms with Crippen LogP contribution in [-0.2, 0) is 14.8 Å². The number of amides is 1. The third-order valence-corrected chi connectivity index (χ3v) is 6.66. The number of sulfonamides is 1. The molecule has 1 aromatic rings. The molecule has 7 nitrogen and oxygen atoms in total. The van der Waals surface area contributed by atoms with Crippen molar-refractivity contribution in [3.63, 3.8) is 0 Å². The molecule has 0 spiro atoms. The van der Waals surface area contributed by atoms with Crippen LogP contribution in [0.25, 0.3) is 0 Å². The van der Waals surface area contributed by atoms with E-state index in [1.54, 1.807) is 19.2 Å². The molecule has 1 fully saturated rings. The first-order valence-electron chi connectivity index (χ1n) is 9.12. The van der Waals surface area contributed by atoms with Crippen LogP contribution in [0.4, 0.5) is 5.69 Å². The van der Waals surface area contributed by atoms with Crippen LogP contribution in [0, 0.1) is 0 Å². The van der Waals surface area contributed by atoms with Gasteiger partial charge in [0.1, 0.15) is 4.90 Å². The minimum absolute atomic E-state index is 0.211. The highest BCUT2D eigenvalue weighted by Crippen LogP contribution is 2.31. The van der Waals surface area contributed by atoms with Gasteiger partial charge in [0.2, 0.25) is 10.0 Å². The highest BCUT2D eigenvalue weighted by Gasteiger charge is 2.29. The summed E-state index contributed by atoms with van der Waals surface area (Å²) in [6.45, 7) is 6.87. The number of carbonyl (C=O) groups is 1. The molecule has 1 amide bonds. The van der Waals surface area contributed by atoms with Gasteiger partial charge in [0, 0.05) is 45.4 Å². The molecule has 0 aromatic heterocycles. The molecule has 1 aliphatic rings. The monoisotopic (exact) mass is 383 g/mol. The fourth-order valence-corrected chi connectivity index (χ4v) is 4.85. The molecule has 1 aromatic carbocycles. The van der Waals surface area contributed by atoms with Crippen molar-refractivity contribution in [3.05, 3.63) is 23.8 Å². The van der Waals surface area contributed by atoms with Gasteiger partial charge in [-0.3, -0.25) is 4.79 Å². The van der Waals surface area contributed by atoms with E-state index in [9.17, 15) is 13.2 Å². The van der Waals surface area contributed by atoms with Crippen molar-refractivity contribution in [2.24, 2.45) is 0 Å². The van der Waals surface area contributed by atoms with Crippen LogP contribution in [-0.4, -0.2) is 65.1 Å². The Balaban J connectivity index is 2.43. The number of benzene rings is 1. The Morgan fingerprint density at radius 3 is 2.46 bits per heavy atom. The van der Waals surface area contributed by atoms with Gasteiger partial charge in [-0.25, -0.2) is 8.42 Å². The molecule has 0 aliphatic carbocycles. The van der Waals surface area contributed by atoms with Crippen LogP contribution in [0.3, 0.4) is 0 Å². The highest BCUT2D eigenvalue weighted by atomic mass is 32.2. The first-order valence-corrected chi connectivity index (χ1v) is 10.6. The molecule has 146 valence electrons. The second-order valence-corrected chi connectivity index (χ2v) is 8.12. The largest absolute Gasteiger partial charge is 0.383 e. The average molecular weight is 384 g/mol. The third-order valence-electron chi connectivity index (χ3n) is 4.58. The molecular weight excluding hydrogens is 354 g/mol. The maximum atomic E-state index is 13.2. The van der Waals surface area contributed by atoms with Crippen LogP contribution >= 0.6 is 0 Å². The van der Waals surface area contributed by atoms with Crippen molar-refractivity contribution in [2.75, 3.05) is 51.3 Å². The van der Waals surface area contributed by atoms with Crippen molar-refractivity contribution in [3.8, 4) is 0 Å². The number of anilines is 1. The normalized spacial score (nSPS) is 14.8. The number of rotatable bonds is 9. The zero-order valence-electron chi connectivity index (χ0n) is 15.8. The topological polar surface area (TPSA) is 79.0 Å². The molecule has 2 rings (SSSR count). The lowest BCUT2D eigenvalue weighted by Gasteiger charge is -2.25. The zero-order valence-corrected chi connectivity index (χ0v) is 16.6. The minimum atomic E-state index is -3.66. The molecule has 8 heteroatoms. The van der Waals surface area contributed by atoms with E-state index in [1.165, 1.54) is 10.4 Å². The Bertz CT molecular complexity index is 711. The van der Waals surface area contributed by atoms with E-state index in [0.29, 0.717) is 37.5 Å². The van der Waals surface area contributed by atoms with Gasteiger partial charge in [-0.15, -0.1) is 0 Å². The van der Waals surface area contributed by atoms with E-state index in [4.69, 9.17) is 4.74 Å². The summed E-state index contributed by atoms with van der Waals surface area (Å²) in [4.78, 5) is 14.6. The van der Waals surface area contributed by atoms with Gasteiger partial charge in [-0.05, 0) is 31.0 Å². The standard InChI is InChI=1S/C18H29N3O4S/c1-4-21(5-2)26(23,24)17-14-15(18(22)19-10-13-25-3)8-9-16(17)20-11-6-7-12-20/h8-9,14H,4-7,10-13H2,1-3H3,(H,19,22). The van der Waals surface area contributed by atoms with Crippen LogP contribution in [0.15, 0.2) is 23.1 Å². The summed E-state index contributed by atoms with van der Waals surface area (Å²) < 4.78 is 32.7. The smallest absolute Gasteiger partial charge is 0.251 e. The van der Waals surface area contributed by atoms with E-state index < -0.39 is 10.0 Å². The molecule has 1 saturated heterocycles. The number of nitrogens with zero attached hydrogens (tertiary/aromatic N) is 2. The molecule has 0 saturated carbocycles. The summed E-state index contributed by atoms with van der Waals surface area (Å²) in [6, 6.07) is 4.95. The van der Waals surface area contributed by atoms with Crippen molar-refractivity contribution in [1.82, 2.24) is 9.62 Å². The Hall–Kier alpha value is -1.64. The van der Waals surface area contributed by atoms with Gasteiger partial charge in [0.15, 0.2) is 0 Å². The van der Waals surface area contributed by atoms with Gasteiger partial charge in [-0.2, -0.15) is 4.31 Å². The summed E-state index contributed by atoms with van der Waals surface area (Å²) in [6.07, 6.45) is 2.09. The quantitative estimate of drug-likeness (QED) is 0.657. The van der Waals surface area contributed by atoms with Crippen molar-refractivity contribution in [2.45, 2.75) is 31.6 Å². The molecule has 1 N–H and O–H groups in total. The first kappa shape index (κ1) is 20.7. The second kappa shape index (κ2) is 9.34. The fraction of sp³-hybridized carbons (Fsp3) is 0.611. The Kier molecular flexibility index (Phi) is 7.43.